The van der Waals surface area contributed by atoms with E-state index in [-0.39, 0.29) is 17.4 Å². The van der Waals surface area contributed by atoms with E-state index < -0.39 is 27.6 Å². The molecule has 1 fully saturated rings. The second-order valence-corrected chi connectivity index (χ2v) is 6.77. The Kier molecular flexibility index (Phi) is 3.85. The Morgan fingerprint density at radius 3 is 2.65 bits per heavy atom. The van der Waals surface area contributed by atoms with Crippen LogP contribution in [-0.2, 0) is 14.6 Å². The van der Waals surface area contributed by atoms with Gasteiger partial charge in [0.15, 0.2) is 5.76 Å². The molecule has 2 rings (SSSR count). The number of sulfone groups is 1. The second kappa shape index (κ2) is 5.28. The topological polar surface area (TPSA) is 105 Å². The molecule has 8 heteroatoms. The van der Waals surface area contributed by atoms with Crippen LogP contribution in [0.15, 0.2) is 21.6 Å². The predicted octanol–water partition coefficient (Wildman–Crippen LogP) is 0.620. The molecule has 0 aromatic carbocycles. The van der Waals surface area contributed by atoms with Gasteiger partial charge in [-0.05, 0) is 25.0 Å². The van der Waals surface area contributed by atoms with Crippen LogP contribution in [0, 0.1) is 5.92 Å². The lowest BCUT2D eigenvalue weighted by molar-refractivity contribution is -0.143. The predicted molar refractivity (Wildman–Crippen MR) is 68.1 cm³/mol. The van der Waals surface area contributed by atoms with Gasteiger partial charge in [0.1, 0.15) is 0 Å². The summed E-state index contributed by atoms with van der Waals surface area (Å²) in [4.78, 5) is 24.5. The van der Waals surface area contributed by atoms with Gasteiger partial charge in [0.2, 0.25) is 14.9 Å². The number of piperidine rings is 1. The van der Waals surface area contributed by atoms with Crippen LogP contribution in [0.4, 0.5) is 0 Å². The highest BCUT2D eigenvalue weighted by Gasteiger charge is 2.30. The zero-order valence-corrected chi connectivity index (χ0v) is 11.7. The van der Waals surface area contributed by atoms with Crippen molar-refractivity contribution in [3.8, 4) is 0 Å². The summed E-state index contributed by atoms with van der Waals surface area (Å²) in [7, 11) is -3.50. The van der Waals surface area contributed by atoms with Gasteiger partial charge < -0.3 is 14.4 Å². The molecule has 1 unspecified atom stereocenters. The average molecular weight is 301 g/mol. The second-order valence-electron chi connectivity index (χ2n) is 4.82. The number of carbonyl (C=O) groups excluding carboxylic acids is 1. The summed E-state index contributed by atoms with van der Waals surface area (Å²) in [6.07, 6.45) is 2.12. The third-order valence-corrected chi connectivity index (χ3v) is 4.17. The lowest BCUT2D eigenvalue weighted by atomic mass is 9.98. The fourth-order valence-electron chi connectivity index (χ4n) is 2.15. The molecule has 0 bridgehead atoms. The number of amides is 1. The average Bonchev–Trinajstić information content (AvgIpc) is 2.87. The standard InChI is InChI=1S/C12H15NO6S/c1-20(17,18)10-5-4-9(19-10)11(14)13-6-2-3-8(7-13)12(15)16/h4-5,8H,2-3,6-7H2,1H3,(H,15,16). The summed E-state index contributed by atoms with van der Waals surface area (Å²) in [6, 6.07) is 2.52. The van der Waals surface area contributed by atoms with Gasteiger partial charge in [-0.3, -0.25) is 9.59 Å². The van der Waals surface area contributed by atoms with Crippen molar-refractivity contribution < 1.29 is 27.5 Å². The van der Waals surface area contributed by atoms with Crippen molar-refractivity contribution in [3.05, 3.63) is 17.9 Å². The molecule has 0 radical (unpaired) electrons. The monoisotopic (exact) mass is 301 g/mol. The fraction of sp³-hybridized carbons (Fsp3) is 0.500. The highest BCUT2D eigenvalue weighted by Crippen LogP contribution is 2.21. The smallest absolute Gasteiger partial charge is 0.308 e. The van der Waals surface area contributed by atoms with Crippen LogP contribution in [0.1, 0.15) is 23.4 Å². The molecule has 1 amide bonds. The number of aliphatic carboxylic acids is 1. The largest absolute Gasteiger partial charge is 0.481 e. The van der Waals surface area contributed by atoms with Gasteiger partial charge in [-0.2, -0.15) is 0 Å². The minimum Gasteiger partial charge on any atom is -0.481 e. The molecule has 0 spiro atoms. The Morgan fingerprint density at radius 2 is 2.10 bits per heavy atom. The van der Waals surface area contributed by atoms with Gasteiger partial charge in [-0.1, -0.05) is 0 Å². The molecule has 110 valence electrons. The Hall–Kier alpha value is -1.83. The fourth-order valence-corrected chi connectivity index (χ4v) is 2.71. The first-order valence-corrected chi connectivity index (χ1v) is 8.00. The summed E-state index contributed by atoms with van der Waals surface area (Å²) in [6.45, 7) is 0.556. The number of hydrogen-bond acceptors (Lipinski definition) is 5. The molecule has 7 nitrogen and oxygen atoms in total. The normalized spacial score (nSPS) is 19.9. The van der Waals surface area contributed by atoms with Crippen molar-refractivity contribution >= 4 is 21.7 Å². The summed E-state index contributed by atoms with van der Waals surface area (Å²) < 4.78 is 27.6. The molecule has 0 aliphatic carbocycles. The molecular weight excluding hydrogens is 286 g/mol. The van der Waals surface area contributed by atoms with Crippen molar-refractivity contribution in [1.82, 2.24) is 4.90 Å². The molecular formula is C12H15NO6S. The van der Waals surface area contributed by atoms with Crippen LogP contribution in [-0.4, -0.2) is 49.6 Å². The van der Waals surface area contributed by atoms with Crippen molar-refractivity contribution in [2.75, 3.05) is 19.3 Å². The molecule has 0 saturated carbocycles. The van der Waals surface area contributed by atoms with Crippen molar-refractivity contribution in [3.63, 3.8) is 0 Å². The molecule has 1 aromatic rings. The van der Waals surface area contributed by atoms with E-state index in [1.807, 2.05) is 0 Å². The number of carboxylic acid groups (broad SMARTS) is 1. The van der Waals surface area contributed by atoms with E-state index in [9.17, 15) is 18.0 Å². The van der Waals surface area contributed by atoms with Gasteiger partial charge in [0, 0.05) is 19.3 Å². The lowest BCUT2D eigenvalue weighted by Crippen LogP contribution is -2.42. The molecule has 2 heterocycles. The Morgan fingerprint density at radius 1 is 1.40 bits per heavy atom. The number of furan rings is 1. The molecule has 1 atom stereocenters. The Balaban J connectivity index is 2.15. The maximum Gasteiger partial charge on any atom is 0.308 e. The maximum atomic E-state index is 12.2. The molecule has 20 heavy (non-hydrogen) atoms. The van der Waals surface area contributed by atoms with Crippen LogP contribution in [0.25, 0.3) is 0 Å². The molecule has 1 N–H and O–H groups in total. The van der Waals surface area contributed by atoms with Crippen LogP contribution in [0.5, 0.6) is 0 Å². The molecule has 1 aliphatic rings. The van der Waals surface area contributed by atoms with E-state index in [0.29, 0.717) is 19.4 Å². The number of hydrogen-bond donors (Lipinski definition) is 1. The van der Waals surface area contributed by atoms with E-state index in [1.165, 1.54) is 17.0 Å². The first-order valence-electron chi connectivity index (χ1n) is 6.11. The summed E-state index contributed by atoms with van der Waals surface area (Å²) >= 11 is 0. The van der Waals surface area contributed by atoms with E-state index >= 15 is 0 Å². The van der Waals surface area contributed by atoms with Gasteiger partial charge >= 0.3 is 5.97 Å². The minimum atomic E-state index is -3.50. The summed E-state index contributed by atoms with van der Waals surface area (Å²) in [5.74, 6) is -2.09. The third kappa shape index (κ3) is 3.01. The number of rotatable bonds is 3. The highest BCUT2D eigenvalue weighted by atomic mass is 32.2. The van der Waals surface area contributed by atoms with E-state index in [0.717, 1.165) is 6.26 Å². The SMILES string of the molecule is CS(=O)(=O)c1ccc(C(=O)N2CCCC(C(=O)O)C2)o1. The van der Waals surface area contributed by atoms with Gasteiger partial charge in [0.05, 0.1) is 5.92 Å². The molecule has 1 aliphatic heterocycles. The maximum absolute atomic E-state index is 12.2. The number of carbonyl (C=O) groups is 2. The lowest BCUT2D eigenvalue weighted by Gasteiger charge is -2.29. The van der Waals surface area contributed by atoms with Crippen molar-refractivity contribution in [1.29, 1.82) is 0 Å². The van der Waals surface area contributed by atoms with Gasteiger partial charge in [0.25, 0.3) is 5.91 Å². The summed E-state index contributed by atoms with van der Waals surface area (Å²) in [5, 5.41) is 8.71. The van der Waals surface area contributed by atoms with Crippen LogP contribution in [0.3, 0.4) is 0 Å². The third-order valence-electron chi connectivity index (χ3n) is 3.22. The summed E-state index contributed by atoms with van der Waals surface area (Å²) in [5.41, 5.74) is 0. The highest BCUT2D eigenvalue weighted by molar-refractivity contribution is 7.90. The van der Waals surface area contributed by atoms with Crippen molar-refractivity contribution in [2.24, 2.45) is 5.92 Å². The number of carboxylic acids is 1. The Bertz CT molecular complexity index is 632. The zero-order chi connectivity index (χ0) is 14.9. The number of nitrogens with zero attached hydrogens (tertiary/aromatic N) is 1. The van der Waals surface area contributed by atoms with Gasteiger partial charge in [-0.15, -0.1) is 0 Å². The zero-order valence-electron chi connectivity index (χ0n) is 10.9. The molecule has 1 aromatic heterocycles. The van der Waals surface area contributed by atoms with Gasteiger partial charge in [-0.25, -0.2) is 8.42 Å². The first kappa shape index (κ1) is 14.6. The van der Waals surface area contributed by atoms with Crippen molar-refractivity contribution in [2.45, 2.75) is 17.9 Å². The van der Waals surface area contributed by atoms with E-state index in [1.54, 1.807) is 0 Å². The minimum absolute atomic E-state index is 0.0866. The molecule has 1 saturated heterocycles. The van der Waals surface area contributed by atoms with Crippen LogP contribution < -0.4 is 0 Å². The van der Waals surface area contributed by atoms with Crippen LogP contribution >= 0.6 is 0 Å². The Labute approximate surface area is 116 Å². The number of likely N-dealkylation sites (tertiary alicyclic amines) is 1. The quantitative estimate of drug-likeness (QED) is 0.877. The first-order chi connectivity index (χ1) is 9.29. The van der Waals surface area contributed by atoms with E-state index in [4.69, 9.17) is 9.52 Å². The van der Waals surface area contributed by atoms with E-state index in [2.05, 4.69) is 0 Å². The van der Waals surface area contributed by atoms with Crippen LogP contribution in [0.2, 0.25) is 0 Å².